The van der Waals surface area contributed by atoms with Gasteiger partial charge in [0.15, 0.2) is 0 Å². The zero-order valence-electron chi connectivity index (χ0n) is 9.25. The molecule has 1 aliphatic heterocycles. The molecule has 0 aromatic carbocycles. The molecule has 1 saturated heterocycles. The summed E-state index contributed by atoms with van der Waals surface area (Å²) in [6.07, 6.45) is 2.73. The maximum atomic E-state index is 11.7. The lowest BCUT2D eigenvalue weighted by Crippen LogP contribution is -2.53. The Labute approximate surface area is 90.4 Å². The first-order chi connectivity index (χ1) is 7.11. The summed E-state index contributed by atoms with van der Waals surface area (Å²) >= 11 is 0. The minimum Gasteiger partial charge on any atom is -0.388 e. The fourth-order valence-corrected chi connectivity index (χ4v) is 2.05. The van der Waals surface area contributed by atoms with Crippen molar-refractivity contribution in [3.63, 3.8) is 0 Å². The molecule has 0 bridgehead atoms. The molecular formula is C11H20N2O2. The van der Waals surface area contributed by atoms with Crippen LogP contribution in [-0.2, 0) is 4.79 Å². The number of carbonyl (C=O) groups excluding carboxylic acids is 1. The van der Waals surface area contributed by atoms with Gasteiger partial charge in [0.25, 0.3) is 0 Å². The summed E-state index contributed by atoms with van der Waals surface area (Å²) in [5, 5.41) is 15.8. The van der Waals surface area contributed by atoms with Crippen LogP contribution in [0.4, 0.5) is 0 Å². The standard InChI is InChI=1S/C11H20N2O2/c1-8(9-5-12-6-9)10(14)13-7-11(15)3-2-4-11/h8-9,12,15H,2-7H2,1H3,(H,13,14). The van der Waals surface area contributed by atoms with Crippen molar-refractivity contribution in [1.82, 2.24) is 10.6 Å². The van der Waals surface area contributed by atoms with Crippen molar-refractivity contribution >= 4 is 5.91 Å². The molecule has 4 nitrogen and oxygen atoms in total. The van der Waals surface area contributed by atoms with E-state index in [2.05, 4.69) is 10.6 Å². The lowest BCUT2D eigenvalue weighted by atomic mass is 9.80. The van der Waals surface area contributed by atoms with Crippen LogP contribution in [0.15, 0.2) is 0 Å². The van der Waals surface area contributed by atoms with Gasteiger partial charge in [-0.1, -0.05) is 6.92 Å². The molecule has 3 N–H and O–H groups in total. The van der Waals surface area contributed by atoms with Crippen molar-refractivity contribution in [2.24, 2.45) is 11.8 Å². The molecule has 1 unspecified atom stereocenters. The molecule has 0 radical (unpaired) electrons. The SMILES string of the molecule is CC(C(=O)NCC1(O)CCC1)C1CNC1. The first-order valence-corrected chi connectivity index (χ1v) is 5.81. The number of amides is 1. The van der Waals surface area contributed by atoms with Crippen LogP contribution in [0.1, 0.15) is 26.2 Å². The average Bonchev–Trinajstić information content (AvgIpc) is 2.08. The van der Waals surface area contributed by atoms with E-state index in [9.17, 15) is 9.90 Å². The third kappa shape index (κ3) is 2.32. The topological polar surface area (TPSA) is 61.4 Å². The minimum atomic E-state index is -0.604. The van der Waals surface area contributed by atoms with Gasteiger partial charge in [0.05, 0.1) is 5.60 Å². The lowest BCUT2D eigenvalue weighted by molar-refractivity contribution is -0.129. The maximum Gasteiger partial charge on any atom is 0.223 e. The molecular weight excluding hydrogens is 192 g/mol. The first kappa shape index (κ1) is 10.9. The van der Waals surface area contributed by atoms with Crippen LogP contribution in [0.5, 0.6) is 0 Å². The van der Waals surface area contributed by atoms with Crippen LogP contribution in [0, 0.1) is 11.8 Å². The van der Waals surface area contributed by atoms with Crippen molar-refractivity contribution < 1.29 is 9.90 Å². The molecule has 1 heterocycles. The molecule has 0 spiro atoms. The lowest BCUT2D eigenvalue weighted by Gasteiger charge is -2.37. The summed E-state index contributed by atoms with van der Waals surface area (Å²) in [4.78, 5) is 11.7. The highest BCUT2D eigenvalue weighted by Gasteiger charge is 2.36. The zero-order valence-corrected chi connectivity index (χ0v) is 9.25. The molecule has 1 saturated carbocycles. The van der Waals surface area contributed by atoms with Crippen LogP contribution < -0.4 is 10.6 Å². The predicted octanol–water partition coefficient (Wildman–Crippen LogP) is -0.127. The van der Waals surface area contributed by atoms with E-state index >= 15 is 0 Å². The monoisotopic (exact) mass is 212 g/mol. The van der Waals surface area contributed by atoms with Crippen LogP contribution in [-0.4, -0.2) is 36.2 Å². The molecule has 15 heavy (non-hydrogen) atoms. The average molecular weight is 212 g/mol. The van der Waals surface area contributed by atoms with Gasteiger partial charge in [-0.05, 0) is 38.3 Å². The number of nitrogens with one attached hydrogen (secondary N) is 2. The first-order valence-electron chi connectivity index (χ1n) is 5.81. The molecule has 2 rings (SSSR count). The Morgan fingerprint density at radius 3 is 2.67 bits per heavy atom. The van der Waals surface area contributed by atoms with E-state index < -0.39 is 5.60 Å². The van der Waals surface area contributed by atoms with Gasteiger partial charge < -0.3 is 15.7 Å². The number of rotatable bonds is 4. The summed E-state index contributed by atoms with van der Waals surface area (Å²) < 4.78 is 0. The predicted molar refractivity (Wildman–Crippen MR) is 57.3 cm³/mol. The molecule has 86 valence electrons. The Bertz CT molecular complexity index is 247. The molecule has 1 aliphatic carbocycles. The Morgan fingerprint density at radius 2 is 2.27 bits per heavy atom. The largest absolute Gasteiger partial charge is 0.388 e. The Balaban J connectivity index is 1.71. The van der Waals surface area contributed by atoms with Gasteiger partial charge >= 0.3 is 0 Å². The van der Waals surface area contributed by atoms with Crippen molar-refractivity contribution in [3.8, 4) is 0 Å². The molecule has 2 fully saturated rings. The van der Waals surface area contributed by atoms with E-state index in [1.165, 1.54) is 0 Å². The van der Waals surface area contributed by atoms with E-state index in [0.29, 0.717) is 12.5 Å². The summed E-state index contributed by atoms with van der Waals surface area (Å²) in [6, 6.07) is 0. The van der Waals surface area contributed by atoms with E-state index in [1.54, 1.807) is 0 Å². The van der Waals surface area contributed by atoms with Crippen molar-refractivity contribution in [3.05, 3.63) is 0 Å². The third-order valence-electron chi connectivity index (χ3n) is 3.81. The summed E-state index contributed by atoms with van der Waals surface area (Å²) in [5.74, 6) is 0.623. The van der Waals surface area contributed by atoms with Crippen molar-refractivity contribution in [2.45, 2.75) is 31.8 Å². The maximum absolute atomic E-state index is 11.7. The number of carbonyl (C=O) groups is 1. The summed E-state index contributed by atoms with van der Waals surface area (Å²) in [6.45, 7) is 4.28. The molecule has 4 heteroatoms. The summed E-state index contributed by atoms with van der Waals surface area (Å²) in [7, 11) is 0. The van der Waals surface area contributed by atoms with Crippen molar-refractivity contribution in [2.75, 3.05) is 19.6 Å². The third-order valence-corrected chi connectivity index (χ3v) is 3.81. The smallest absolute Gasteiger partial charge is 0.223 e. The minimum absolute atomic E-state index is 0.0647. The van der Waals surface area contributed by atoms with E-state index in [-0.39, 0.29) is 11.8 Å². The second-order valence-electron chi connectivity index (χ2n) is 5.00. The van der Waals surface area contributed by atoms with E-state index in [4.69, 9.17) is 0 Å². The Kier molecular flexibility index (Phi) is 2.98. The van der Waals surface area contributed by atoms with Gasteiger partial charge in [-0.3, -0.25) is 4.79 Å². The van der Waals surface area contributed by atoms with Gasteiger partial charge in [-0.2, -0.15) is 0 Å². The highest BCUT2D eigenvalue weighted by molar-refractivity contribution is 5.78. The second-order valence-corrected chi connectivity index (χ2v) is 5.00. The van der Waals surface area contributed by atoms with Crippen LogP contribution in [0.25, 0.3) is 0 Å². The van der Waals surface area contributed by atoms with E-state index in [0.717, 1.165) is 32.4 Å². The highest BCUT2D eigenvalue weighted by atomic mass is 16.3. The number of hydrogen-bond donors (Lipinski definition) is 3. The summed E-state index contributed by atoms with van der Waals surface area (Å²) in [5.41, 5.74) is -0.604. The highest BCUT2D eigenvalue weighted by Crippen LogP contribution is 2.30. The number of aliphatic hydroxyl groups is 1. The normalized spacial score (nSPS) is 26.3. The molecule has 1 atom stereocenters. The fraction of sp³-hybridized carbons (Fsp3) is 0.909. The van der Waals surface area contributed by atoms with Crippen LogP contribution in [0.2, 0.25) is 0 Å². The van der Waals surface area contributed by atoms with Gasteiger partial charge in [0.2, 0.25) is 5.91 Å². The van der Waals surface area contributed by atoms with Gasteiger partial charge in [-0.15, -0.1) is 0 Å². The molecule has 1 amide bonds. The fourth-order valence-electron chi connectivity index (χ4n) is 2.05. The zero-order chi connectivity index (χ0) is 10.9. The molecule has 2 aliphatic rings. The second kappa shape index (κ2) is 4.10. The van der Waals surface area contributed by atoms with Gasteiger partial charge in [-0.25, -0.2) is 0 Å². The van der Waals surface area contributed by atoms with E-state index in [1.807, 2.05) is 6.92 Å². The van der Waals surface area contributed by atoms with Crippen LogP contribution >= 0.6 is 0 Å². The molecule has 0 aromatic rings. The Hall–Kier alpha value is -0.610. The van der Waals surface area contributed by atoms with Gasteiger partial charge in [0.1, 0.15) is 0 Å². The van der Waals surface area contributed by atoms with Gasteiger partial charge in [0, 0.05) is 12.5 Å². The molecule has 0 aromatic heterocycles. The Morgan fingerprint density at radius 1 is 1.60 bits per heavy atom. The number of hydrogen-bond acceptors (Lipinski definition) is 3. The quantitative estimate of drug-likeness (QED) is 0.608. The van der Waals surface area contributed by atoms with Crippen LogP contribution in [0.3, 0.4) is 0 Å². The van der Waals surface area contributed by atoms with Crippen molar-refractivity contribution in [1.29, 1.82) is 0 Å².